The number of aliphatic hydroxyl groups excluding tert-OH is 1. The lowest BCUT2D eigenvalue weighted by Crippen LogP contribution is -2.06. The van der Waals surface area contributed by atoms with Gasteiger partial charge in [-0.1, -0.05) is 12.1 Å². The van der Waals surface area contributed by atoms with Gasteiger partial charge in [0.15, 0.2) is 0 Å². The normalized spacial score (nSPS) is 12.4. The van der Waals surface area contributed by atoms with Crippen LogP contribution in [0.15, 0.2) is 60.0 Å². The number of halogens is 3. The number of fused-ring (bicyclic) bond motifs is 1. The number of alkyl halides is 3. The summed E-state index contributed by atoms with van der Waals surface area (Å²) >= 11 is 0. The van der Waals surface area contributed by atoms with Crippen LogP contribution in [0.25, 0.3) is 28.3 Å². The molecule has 31 heavy (non-hydrogen) atoms. The van der Waals surface area contributed by atoms with E-state index in [0.717, 1.165) is 18.4 Å². The molecule has 0 spiro atoms. The lowest BCUT2D eigenvalue weighted by atomic mass is 10.1. The third-order valence-corrected chi connectivity index (χ3v) is 5.40. The van der Waals surface area contributed by atoms with Gasteiger partial charge in [-0.2, -0.15) is 13.2 Å². The highest BCUT2D eigenvalue weighted by molar-refractivity contribution is 7.90. The highest BCUT2D eigenvalue weighted by atomic mass is 32.2. The Morgan fingerprint density at radius 2 is 1.87 bits per heavy atom. The molecule has 0 aliphatic heterocycles. The van der Waals surface area contributed by atoms with Gasteiger partial charge in [0.1, 0.15) is 5.65 Å². The smallest absolute Gasteiger partial charge is 0.392 e. The predicted molar refractivity (Wildman–Crippen MR) is 106 cm³/mol. The van der Waals surface area contributed by atoms with Crippen LogP contribution in [0.3, 0.4) is 0 Å². The zero-order valence-electron chi connectivity index (χ0n) is 16.0. The van der Waals surface area contributed by atoms with Crippen LogP contribution < -0.4 is 0 Å². The number of imidazole rings is 1. The molecule has 0 aliphatic rings. The van der Waals surface area contributed by atoms with Gasteiger partial charge in [-0.05, 0) is 35.9 Å². The second-order valence-corrected chi connectivity index (χ2v) is 8.71. The largest absolute Gasteiger partial charge is 0.416 e. The molecule has 0 saturated heterocycles. The second kappa shape index (κ2) is 7.43. The number of nitrogens with zero attached hydrogens (tertiary/aromatic N) is 4. The average molecular weight is 448 g/mol. The molecule has 0 amide bonds. The number of aromatic nitrogens is 4. The van der Waals surface area contributed by atoms with Crippen molar-refractivity contribution in [2.24, 2.45) is 0 Å². The summed E-state index contributed by atoms with van der Waals surface area (Å²) in [5.41, 5.74) is 0.896. The van der Waals surface area contributed by atoms with Crippen molar-refractivity contribution in [3.63, 3.8) is 0 Å². The van der Waals surface area contributed by atoms with E-state index in [4.69, 9.17) is 0 Å². The Labute approximate surface area is 174 Å². The van der Waals surface area contributed by atoms with Crippen LogP contribution in [0.2, 0.25) is 0 Å². The molecule has 0 saturated carbocycles. The van der Waals surface area contributed by atoms with E-state index < -0.39 is 26.7 Å². The fraction of sp³-hybridized carbons (Fsp3) is 0.150. The minimum Gasteiger partial charge on any atom is -0.392 e. The van der Waals surface area contributed by atoms with E-state index in [1.54, 1.807) is 22.7 Å². The van der Waals surface area contributed by atoms with Crippen LogP contribution in [-0.4, -0.2) is 39.1 Å². The average Bonchev–Trinajstić information content (AvgIpc) is 3.11. The molecule has 0 atom stereocenters. The topological polar surface area (TPSA) is 97.5 Å². The first-order valence-corrected chi connectivity index (χ1v) is 10.8. The Kier molecular flexibility index (Phi) is 5.02. The van der Waals surface area contributed by atoms with E-state index in [9.17, 15) is 26.7 Å². The summed E-state index contributed by atoms with van der Waals surface area (Å²) in [7, 11) is -3.72. The number of sulfone groups is 1. The molecule has 3 aromatic heterocycles. The SMILES string of the molecule is CS(=O)(=O)c1nccc(-c2c(-c3cccc(C(F)(F)F)c3)nc3cc(CO)ccn23)n1. The van der Waals surface area contributed by atoms with E-state index in [1.807, 2.05) is 0 Å². The van der Waals surface area contributed by atoms with E-state index >= 15 is 0 Å². The molecule has 0 aliphatic carbocycles. The fourth-order valence-electron chi connectivity index (χ4n) is 3.13. The first-order chi connectivity index (χ1) is 14.6. The lowest BCUT2D eigenvalue weighted by Gasteiger charge is -2.09. The number of hydrogen-bond acceptors (Lipinski definition) is 6. The van der Waals surface area contributed by atoms with Gasteiger partial charge >= 0.3 is 6.18 Å². The highest BCUT2D eigenvalue weighted by Gasteiger charge is 2.31. The van der Waals surface area contributed by atoms with Crippen molar-refractivity contribution in [3.05, 3.63) is 66.0 Å². The van der Waals surface area contributed by atoms with Gasteiger partial charge in [0.2, 0.25) is 15.0 Å². The summed E-state index contributed by atoms with van der Waals surface area (Å²) in [6.45, 7) is -0.247. The third-order valence-electron chi connectivity index (χ3n) is 4.54. The van der Waals surface area contributed by atoms with Crippen LogP contribution in [0.4, 0.5) is 13.2 Å². The van der Waals surface area contributed by atoms with Gasteiger partial charge in [-0.3, -0.25) is 4.40 Å². The molecule has 4 aromatic rings. The Hall–Kier alpha value is -3.31. The maximum absolute atomic E-state index is 13.3. The van der Waals surface area contributed by atoms with Crippen molar-refractivity contribution in [1.29, 1.82) is 0 Å². The third kappa shape index (κ3) is 4.01. The standard InChI is InChI=1S/C20H15F3N4O3S/c1-31(29,30)19-24-7-5-15(25-19)18-17(13-3-2-4-14(10-13)20(21,22)23)26-16-9-12(11-28)6-8-27(16)18/h2-10,28H,11H2,1H3. The van der Waals surface area contributed by atoms with Crippen LogP contribution in [0, 0.1) is 0 Å². The predicted octanol–water partition coefficient (Wildman–Crippen LogP) is 3.37. The van der Waals surface area contributed by atoms with Crippen molar-refractivity contribution < 1.29 is 26.7 Å². The van der Waals surface area contributed by atoms with E-state index in [1.165, 1.54) is 24.4 Å². The Morgan fingerprint density at radius 1 is 1.10 bits per heavy atom. The zero-order valence-corrected chi connectivity index (χ0v) is 16.8. The van der Waals surface area contributed by atoms with Crippen LogP contribution >= 0.6 is 0 Å². The molecular formula is C20H15F3N4O3S. The van der Waals surface area contributed by atoms with E-state index in [2.05, 4.69) is 15.0 Å². The Balaban J connectivity index is 2.03. The molecule has 4 rings (SSSR count). The monoisotopic (exact) mass is 448 g/mol. The van der Waals surface area contributed by atoms with Crippen molar-refractivity contribution >= 4 is 15.5 Å². The highest BCUT2D eigenvalue weighted by Crippen LogP contribution is 2.36. The zero-order chi connectivity index (χ0) is 22.4. The second-order valence-electron chi connectivity index (χ2n) is 6.81. The van der Waals surface area contributed by atoms with Crippen molar-refractivity contribution in [3.8, 4) is 22.6 Å². The van der Waals surface area contributed by atoms with Gasteiger partial charge in [0, 0.05) is 24.2 Å². The lowest BCUT2D eigenvalue weighted by molar-refractivity contribution is -0.137. The van der Waals surface area contributed by atoms with Crippen molar-refractivity contribution in [2.45, 2.75) is 17.9 Å². The first kappa shape index (κ1) is 20.9. The summed E-state index contributed by atoms with van der Waals surface area (Å²) in [5, 5.41) is 8.99. The number of rotatable bonds is 4. The molecule has 160 valence electrons. The van der Waals surface area contributed by atoms with Gasteiger partial charge in [-0.15, -0.1) is 0 Å². The van der Waals surface area contributed by atoms with Gasteiger partial charge < -0.3 is 5.11 Å². The molecule has 1 aromatic carbocycles. The minimum atomic E-state index is -4.54. The molecule has 0 bridgehead atoms. The van der Waals surface area contributed by atoms with Crippen molar-refractivity contribution in [2.75, 3.05) is 6.26 Å². The Bertz CT molecular complexity index is 1400. The summed E-state index contributed by atoms with van der Waals surface area (Å²) in [5.74, 6) is 0. The molecule has 0 unspecified atom stereocenters. The summed E-state index contributed by atoms with van der Waals surface area (Å²) in [6.07, 6.45) is -0.738. The molecule has 0 fully saturated rings. The molecule has 11 heteroatoms. The first-order valence-electron chi connectivity index (χ1n) is 8.91. The molecule has 1 N–H and O–H groups in total. The molecule has 0 radical (unpaired) electrons. The summed E-state index contributed by atoms with van der Waals surface area (Å²) in [6, 6.07) is 9.33. The number of benzene rings is 1. The van der Waals surface area contributed by atoms with Crippen LogP contribution in [0.5, 0.6) is 0 Å². The quantitative estimate of drug-likeness (QED) is 0.481. The number of aliphatic hydroxyl groups is 1. The van der Waals surface area contributed by atoms with Gasteiger partial charge in [-0.25, -0.2) is 23.4 Å². The Morgan fingerprint density at radius 3 is 2.55 bits per heavy atom. The maximum Gasteiger partial charge on any atom is 0.416 e. The summed E-state index contributed by atoms with van der Waals surface area (Å²) in [4.78, 5) is 12.3. The minimum absolute atomic E-state index is 0.173. The number of hydrogen-bond donors (Lipinski definition) is 1. The maximum atomic E-state index is 13.3. The van der Waals surface area contributed by atoms with E-state index in [-0.39, 0.29) is 23.6 Å². The fourth-order valence-corrected chi connectivity index (χ4v) is 3.64. The molecule has 3 heterocycles. The van der Waals surface area contributed by atoms with Crippen molar-refractivity contribution in [1.82, 2.24) is 19.4 Å². The van der Waals surface area contributed by atoms with Gasteiger partial charge in [0.05, 0.1) is 29.3 Å². The molecule has 7 nitrogen and oxygen atoms in total. The number of pyridine rings is 1. The molecular weight excluding hydrogens is 433 g/mol. The summed E-state index contributed by atoms with van der Waals surface area (Å²) < 4.78 is 65.2. The van der Waals surface area contributed by atoms with Crippen LogP contribution in [0.1, 0.15) is 11.1 Å². The van der Waals surface area contributed by atoms with Gasteiger partial charge in [0.25, 0.3) is 0 Å². The van der Waals surface area contributed by atoms with E-state index in [0.29, 0.717) is 16.9 Å². The van der Waals surface area contributed by atoms with Crippen LogP contribution in [-0.2, 0) is 22.6 Å².